The van der Waals surface area contributed by atoms with Crippen LogP contribution in [0.15, 0.2) is 22.8 Å². The van der Waals surface area contributed by atoms with Crippen LogP contribution < -0.4 is 5.73 Å². The highest BCUT2D eigenvalue weighted by Gasteiger charge is 2.28. The number of anilines is 1. The highest BCUT2D eigenvalue weighted by molar-refractivity contribution is 7.21. The summed E-state index contributed by atoms with van der Waals surface area (Å²) in [6.07, 6.45) is 9.31. The number of thiophene rings is 1. The van der Waals surface area contributed by atoms with E-state index in [0.29, 0.717) is 10.6 Å². The van der Waals surface area contributed by atoms with Gasteiger partial charge in [0.25, 0.3) is 5.91 Å². The molecule has 1 aliphatic carbocycles. The molecular weight excluding hydrogens is 358 g/mol. The number of nitrogen functional groups attached to an aromatic ring is 1. The number of nitrogens with two attached hydrogens (primary N) is 1. The molecule has 27 heavy (non-hydrogen) atoms. The summed E-state index contributed by atoms with van der Waals surface area (Å²) in [5.74, 6) is 0.866. The van der Waals surface area contributed by atoms with E-state index in [1.165, 1.54) is 28.9 Å². The van der Waals surface area contributed by atoms with Crippen molar-refractivity contribution in [3.8, 4) is 11.5 Å². The molecule has 2 N–H and O–H groups in total. The molecule has 3 aromatic rings. The number of furan rings is 1. The molecule has 1 amide bonds. The minimum atomic E-state index is 0.0688. The molecule has 140 valence electrons. The van der Waals surface area contributed by atoms with Crippen molar-refractivity contribution in [2.45, 2.75) is 44.9 Å². The molecule has 2 aliphatic rings. The Bertz CT molecular complexity index is 1000. The third kappa shape index (κ3) is 2.74. The molecule has 0 aromatic carbocycles. The summed E-state index contributed by atoms with van der Waals surface area (Å²) in [4.78, 5) is 21.5. The standard InChI is InChI=1S/C21H23N3O2S/c22-17-16-13-7-2-3-8-14(13)18(15-9-6-12-26-15)23-20(16)27-19(17)21(25)24-10-4-1-5-11-24/h6,9,12H,1-5,7-8,10-11,22H2. The zero-order chi connectivity index (χ0) is 18.4. The first-order valence-corrected chi connectivity index (χ1v) is 10.6. The van der Waals surface area contributed by atoms with Crippen LogP contribution in [-0.4, -0.2) is 28.9 Å². The maximum atomic E-state index is 13.1. The number of rotatable bonds is 2. The van der Waals surface area contributed by atoms with Gasteiger partial charge in [-0.2, -0.15) is 0 Å². The molecule has 6 heteroatoms. The lowest BCUT2D eigenvalue weighted by molar-refractivity contribution is 0.0730. The molecule has 1 aliphatic heterocycles. The van der Waals surface area contributed by atoms with Gasteiger partial charge in [0, 0.05) is 18.5 Å². The summed E-state index contributed by atoms with van der Waals surface area (Å²) in [6, 6.07) is 3.85. The maximum Gasteiger partial charge on any atom is 0.266 e. The second kappa shape index (κ2) is 6.68. The van der Waals surface area contributed by atoms with Gasteiger partial charge >= 0.3 is 0 Å². The average molecular weight is 382 g/mol. The number of aromatic nitrogens is 1. The van der Waals surface area contributed by atoms with Crippen molar-refractivity contribution in [3.63, 3.8) is 0 Å². The lowest BCUT2D eigenvalue weighted by Gasteiger charge is -2.26. The van der Waals surface area contributed by atoms with Crippen LogP contribution in [0.3, 0.4) is 0 Å². The molecule has 4 heterocycles. The van der Waals surface area contributed by atoms with Crippen molar-refractivity contribution < 1.29 is 9.21 Å². The Morgan fingerprint density at radius 2 is 1.89 bits per heavy atom. The van der Waals surface area contributed by atoms with Crippen LogP contribution >= 0.6 is 11.3 Å². The normalized spacial score (nSPS) is 17.3. The second-order valence-corrected chi connectivity index (χ2v) is 8.48. The molecule has 3 aromatic heterocycles. The van der Waals surface area contributed by atoms with Gasteiger partial charge in [-0.1, -0.05) is 0 Å². The van der Waals surface area contributed by atoms with Gasteiger partial charge in [-0.25, -0.2) is 4.98 Å². The van der Waals surface area contributed by atoms with Gasteiger partial charge in [-0.05, 0) is 68.2 Å². The Morgan fingerprint density at radius 1 is 1.11 bits per heavy atom. The van der Waals surface area contributed by atoms with E-state index < -0.39 is 0 Å². The number of likely N-dealkylation sites (tertiary alicyclic amines) is 1. The number of fused-ring (bicyclic) bond motifs is 3. The fourth-order valence-electron chi connectivity index (χ4n) is 4.43. The highest BCUT2D eigenvalue weighted by Crippen LogP contribution is 2.42. The first kappa shape index (κ1) is 16.8. The monoisotopic (exact) mass is 381 g/mol. The van der Waals surface area contributed by atoms with Crippen LogP contribution in [0.4, 0.5) is 5.69 Å². The number of amides is 1. The molecule has 0 unspecified atom stereocenters. The third-order valence-corrected chi connectivity index (χ3v) is 6.87. The van der Waals surface area contributed by atoms with Crippen LogP contribution in [-0.2, 0) is 12.8 Å². The van der Waals surface area contributed by atoms with Crippen molar-refractivity contribution in [2.24, 2.45) is 0 Å². The minimum Gasteiger partial charge on any atom is -0.463 e. The summed E-state index contributed by atoms with van der Waals surface area (Å²) in [5.41, 5.74) is 10.6. The molecule has 0 saturated carbocycles. The Hall–Kier alpha value is -2.34. The molecular formula is C21H23N3O2S. The lowest BCUT2D eigenvalue weighted by atomic mass is 9.88. The third-order valence-electron chi connectivity index (χ3n) is 5.79. The predicted molar refractivity (Wildman–Crippen MR) is 108 cm³/mol. The summed E-state index contributed by atoms with van der Waals surface area (Å²) in [6.45, 7) is 1.66. The second-order valence-electron chi connectivity index (χ2n) is 7.48. The number of hydrogen-bond acceptors (Lipinski definition) is 5. The number of aryl methyl sites for hydroxylation is 1. The fourth-order valence-corrected chi connectivity index (χ4v) is 5.52. The van der Waals surface area contributed by atoms with E-state index in [1.54, 1.807) is 6.26 Å². The fraction of sp³-hybridized carbons (Fsp3) is 0.429. The number of hydrogen-bond donors (Lipinski definition) is 1. The molecule has 0 bridgehead atoms. The van der Waals surface area contributed by atoms with Crippen LogP contribution in [0.2, 0.25) is 0 Å². The summed E-state index contributed by atoms with van der Waals surface area (Å²) in [5, 5.41) is 1.00. The molecule has 0 radical (unpaired) electrons. The first-order valence-electron chi connectivity index (χ1n) is 9.81. The zero-order valence-electron chi connectivity index (χ0n) is 15.3. The number of pyridine rings is 1. The van der Waals surface area contributed by atoms with E-state index in [1.807, 2.05) is 17.0 Å². The van der Waals surface area contributed by atoms with Crippen molar-refractivity contribution in [1.82, 2.24) is 9.88 Å². The van der Waals surface area contributed by atoms with Crippen molar-refractivity contribution in [2.75, 3.05) is 18.8 Å². The molecule has 5 nitrogen and oxygen atoms in total. The number of piperidine rings is 1. The van der Waals surface area contributed by atoms with Gasteiger partial charge in [0.15, 0.2) is 5.76 Å². The summed E-state index contributed by atoms with van der Waals surface area (Å²) >= 11 is 1.44. The SMILES string of the molecule is Nc1c(C(=O)N2CCCCC2)sc2nc(-c3ccco3)c3c(c12)CCCC3. The van der Waals surface area contributed by atoms with E-state index in [-0.39, 0.29) is 5.91 Å². The maximum absolute atomic E-state index is 13.1. The zero-order valence-corrected chi connectivity index (χ0v) is 16.1. The predicted octanol–water partition coefficient (Wildman–Crippen LogP) is 4.64. The Balaban J connectivity index is 1.68. The number of nitrogens with zero attached hydrogens (tertiary/aromatic N) is 2. The summed E-state index contributed by atoms with van der Waals surface area (Å²) < 4.78 is 5.65. The van der Waals surface area contributed by atoms with Crippen molar-refractivity contribution >= 4 is 33.1 Å². The lowest BCUT2D eigenvalue weighted by Crippen LogP contribution is -2.35. The Labute approximate surface area is 162 Å². The van der Waals surface area contributed by atoms with Gasteiger partial charge in [-0.3, -0.25) is 4.79 Å². The van der Waals surface area contributed by atoms with Gasteiger partial charge in [0.2, 0.25) is 0 Å². The quantitative estimate of drug-likeness (QED) is 0.702. The molecule has 0 atom stereocenters. The van der Waals surface area contributed by atoms with E-state index in [2.05, 4.69) is 0 Å². The molecule has 1 saturated heterocycles. The molecule has 5 rings (SSSR count). The van der Waals surface area contributed by atoms with Gasteiger partial charge in [-0.15, -0.1) is 11.3 Å². The average Bonchev–Trinajstić information content (AvgIpc) is 3.36. The smallest absolute Gasteiger partial charge is 0.266 e. The van der Waals surface area contributed by atoms with E-state index >= 15 is 0 Å². The van der Waals surface area contributed by atoms with Crippen molar-refractivity contribution in [3.05, 3.63) is 34.4 Å². The number of carbonyl (C=O) groups excluding carboxylic acids is 1. The Morgan fingerprint density at radius 3 is 2.63 bits per heavy atom. The number of carbonyl (C=O) groups is 1. The topological polar surface area (TPSA) is 72.4 Å². The van der Waals surface area contributed by atoms with E-state index in [9.17, 15) is 4.79 Å². The highest BCUT2D eigenvalue weighted by atomic mass is 32.1. The van der Waals surface area contributed by atoms with Crippen LogP contribution in [0.1, 0.15) is 52.9 Å². The van der Waals surface area contributed by atoms with Crippen LogP contribution in [0.5, 0.6) is 0 Å². The molecule has 1 fully saturated rings. The van der Waals surface area contributed by atoms with Gasteiger partial charge in [0.1, 0.15) is 15.4 Å². The summed E-state index contributed by atoms with van der Waals surface area (Å²) in [7, 11) is 0. The van der Waals surface area contributed by atoms with Crippen LogP contribution in [0, 0.1) is 0 Å². The van der Waals surface area contributed by atoms with Crippen LogP contribution in [0.25, 0.3) is 21.7 Å². The van der Waals surface area contributed by atoms with Crippen molar-refractivity contribution in [1.29, 1.82) is 0 Å². The largest absolute Gasteiger partial charge is 0.463 e. The minimum absolute atomic E-state index is 0.0688. The Kier molecular flexibility index (Phi) is 4.16. The molecule has 0 spiro atoms. The van der Waals surface area contributed by atoms with Gasteiger partial charge in [0.05, 0.1) is 12.0 Å². The first-order chi connectivity index (χ1) is 13.2. The van der Waals surface area contributed by atoms with Gasteiger partial charge < -0.3 is 15.1 Å². The van der Waals surface area contributed by atoms with E-state index in [4.69, 9.17) is 15.1 Å². The van der Waals surface area contributed by atoms with E-state index in [0.717, 1.165) is 73.3 Å².